The highest BCUT2D eigenvalue weighted by Gasteiger charge is 2.17. The Labute approximate surface area is 138 Å². The first kappa shape index (κ1) is 18.7. The first-order chi connectivity index (χ1) is 11.4. The van der Waals surface area contributed by atoms with E-state index in [0.29, 0.717) is 5.69 Å². The van der Waals surface area contributed by atoms with Gasteiger partial charge in [-0.1, -0.05) is 0 Å². The molecule has 0 atom stereocenters. The topological polar surface area (TPSA) is 137 Å². The van der Waals surface area contributed by atoms with E-state index in [1.54, 1.807) is 13.0 Å². The molecular weight excluding hydrogens is 316 g/mol. The number of hydrogen-bond donors (Lipinski definition) is 3. The highest BCUT2D eigenvalue weighted by molar-refractivity contribution is 6.00. The molecular formula is C16H16N2O6. The van der Waals surface area contributed by atoms with Gasteiger partial charge in [0.2, 0.25) is 5.91 Å². The van der Waals surface area contributed by atoms with Crippen LogP contribution in [0.3, 0.4) is 0 Å². The number of nitrogens with one attached hydrogen (secondary N) is 1. The highest BCUT2D eigenvalue weighted by Crippen LogP contribution is 2.19. The molecule has 1 aromatic rings. The fraction of sp³-hybridized carbons (Fsp3) is 0.250. The van der Waals surface area contributed by atoms with Crippen molar-refractivity contribution < 1.29 is 29.3 Å². The molecule has 0 saturated carbocycles. The molecule has 24 heavy (non-hydrogen) atoms. The van der Waals surface area contributed by atoms with E-state index >= 15 is 0 Å². The number of hydrogen-bond acceptors (Lipinski definition) is 6. The summed E-state index contributed by atoms with van der Waals surface area (Å²) in [6.45, 7) is 1.64. The Morgan fingerprint density at radius 2 is 1.79 bits per heavy atom. The van der Waals surface area contributed by atoms with E-state index in [2.05, 4.69) is 10.1 Å². The second kappa shape index (κ2) is 8.95. The molecule has 0 radical (unpaired) electrons. The SMILES string of the molecule is CCOC(=O)C(C#N)=C(O)c1ccc(NC(=O)CCC(=O)O)cc1. The zero-order valence-electron chi connectivity index (χ0n) is 12.9. The van der Waals surface area contributed by atoms with Gasteiger partial charge in [0.25, 0.3) is 0 Å². The molecule has 0 aliphatic heterocycles. The summed E-state index contributed by atoms with van der Waals surface area (Å²) in [6, 6.07) is 7.29. The largest absolute Gasteiger partial charge is 0.506 e. The van der Waals surface area contributed by atoms with Crippen LogP contribution in [-0.2, 0) is 19.1 Å². The minimum Gasteiger partial charge on any atom is -0.506 e. The van der Waals surface area contributed by atoms with Gasteiger partial charge in [0.1, 0.15) is 11.8 Å². The van der Waals surface area contributed by atoms with Crippen molar-refractivity contribution >= 4 is 29.3 Å². The maximum absolute atomic E-state index is 11.6. The second-order valence-electron chi connectivity index (χ2n) is 4.58. The zero-order valence-corrected chi connectivity index (χ0v) is 12.9. The van der Waals surface area contributed by atoms with Gasteiger partial charge >= 0.3 is 11.9 Å². The molecule has 1 amide bonds. The van der Waals surface area contributed by atoms with Gasteiger partial charge in [-0.25, -0.2) is 4.79 Å². The number of benzene rings is 1. The van der Waals surface area contributed by atoms with Gasteiger partial charge in [-0.15, -0.1) is 0 Å². The number of carbonyl (C=O) groups is 3. The van der Waals surface area contributed by atoms with Crippen LogP contribution >= 0.6 is 0 Å². The van der Waals surface area contributed by atoms with E-state index in [-0.39, 0.29) is 25.0 Å². The lowest BCUT2D eigenvalue weighted by Crippen LogP contribution is -2.13. The van der Waals surface area contributed by atoms with Crippen molar-refractivity contribution in [1.82, 2.24) is 0 Å². The lowest BCUT2D eigenvalue weighted by molar-refractivity contribution is -0.138. The normalized spacial score (nSPS) is 11.0. The average molecular weight is 332 g/mol. The second-order valence-corrected chi connectivity index (χ2v) is 4.58. The Bertz CT molecular complexity index is 700. The third-order valence-corrected chi connectivity index (χ3v) is 2.84. The maximum atomic E-state index is 11.6. The molecule has 0 spiro atoms. The summed E-state index contributed by atoms with van der Waals surface area (Å²) >= 11 is 0. The third-order valence-electron chi connectivity index (χ3n) is 2.84. The summed E-state index contributed by atoms with van der Waals surface area (Å²) in [6.07, 6.45) is -0.442. The zero-order chi connectivity index (χ0) is 18.1. The van der Waals surface area contributed by atoms with Gasteiger partial charge < -0.3 is 20.3 Å². The van der Waals surface area contributed by atoms with E-state index in [1.807, 2.05) is 0 Å². The van der Waals surface area contributed by atoms with E-state index in [4.69, 9.17) is 10.4 Å². The van der Waals surface area contributed by atoms with Gasteiger partial charge in [0, 0.05) is 17.7 Å². The molecule has 0 aromatic heterocycles. The average Bonchev–Trinajstić information content (AvgIpc) is 2.54. The van der Waals surface area contributed by atoms with E-state index in [1.165, 1.54) is 24.3 Å². The van der Waals surface area contributed by atoms with Crippen LogP contribution in [-0.4, -0.2) is 34.7 Å². The molecule has 1 aromatic carbocycles. The Kier molecular flexibility index (Phi) is 6.97. The monoisotopic (exact) mass is 332 g/mol. The standard InChI is InChI=1S/C16H16N2O6/c1-2-24-16(23)12(9-17)15(22)10-3-5-11(6-4-10)18-13(19)7-8-14(20)21/h3-6,22H,2,7-8H2,1H3,(H,18,19)(H,20,21). The predicted octanol–water partition coefficient (Wildman–Crippen LogP) is 1.85. The molecule has 0 aliphatic rings. The number of rotatable bonds is 7. The van der Waals surface area contributed by atoms with Crippen LogP contribution in [0.1, 0.15) is 25.3 Å². The summed E-state index contributed by atoms with van der Waals surface area (Å²) in [5.41, 5.74) is 0.0646. The van der Waals surface area contributed by atoms with Crippen LogP contribution in [0, 0.1) is 11.3 Å². The van der Waals surface area contributed by atoms with Crippen molar-refractivity contribution in [1.29, 1.82) is 5.26 Å². The number of nitriles is 1. The molecule has 8 heteroatoms. The molecule has 126 valence electrons. The molecule has 0 fully saturated rings. The Balaban J connectivity index is 2.86. The molecule has 0 aliphatic carbocycles. The van der Waals surface area contributed by atoms with Crippen LogP contribution in [0.15, 0.2) is 29.8 Å². The van der Waals surface area contributed by atoms with Crippen molar-refractivity contribution in [2.75, 3.05) is 11.9 Å². The van der Waals surface area contributed by atoms with Crippen molar-refractivity contribution in [2.24, 2.45) is 0 Å². The van der Waals surface area contributed by atoms with Gasteiger partial charge in [0.15, 0.2) is 5.57 Å². The van der Waals surface area contributed by atoms with E-state index in [9.17, 15) is 19.5 Å². The number of nitrogens with zero attached hydrogens (tertiary/aromatic N) is 1. The minimum absolute atomic E-state index is 0.0681. The summed E-state index contributed by atoms with van der Waals surface area (Å²) in [5.74, 6) is -2.99. The first-order valence-electron chi connectivity index (χ1n) is 7.01. The number of amides is 1. The molecule has 8 nitrogen and oxygen atoms in total. The number of esters is 1. The Morgan fingerprint density at radius 1 is 1.17 bits per heavy atom. The lowest BCUT2D eigenvalue weighted by atomic mass is 10.1. The number of aliphatic carboxylic acids is 1. The first-order valence-corrected chi connectivity index (χ1v) is 7.01. The van der Waals surface area contributed by atoms with Crippen LogP contribution in [0.5, 0.6) is 0 Å². The predicted molar refractivity (Wildman–Crippen MR) is 83.7 cm³/mol. The van der Waals surface area contributed by atoms with Gasteiger partial charge in [-0.05, 0) is 31.2 Å². The number of carboxylic acid groups (broad SMARTS) is 1. The molecule has 3 N–H and O–H groups in total. The summed E-state index contributed by atoms with van der Waals surface area (Å²) < 4.78 is 4.68. The van der Waals surface area contributed by atoms with Crippen LogP contribution in [0.4, 0.5) is 5.69 Å². The van der Waals surface area contributed by atoms with Crippen molar-refractivity contribution in [3.8, 4) is 6.07 Å². The van der Waals surface area contributed by atoms with Crippen LogP contribution < -0.4 is 5.32 Å². The fourth-order valence-corrected chi connectivity index (χ4v) is 1.70. The van der Waals surface area contributed by atoms with Crippen LogP contribution in [0.25, 0.3) is 5.76 Å². The lowest BCUT2D eigenvalue weighted by Gasteiger charge is -2.07. The molecule has 0 saturated heterocycles. The minimum atomic E-state index is -1.07. The summed E-state index contributed by atoms with van der Waals surface area (Å²) in [4.78, 5) is 33.5. The van der Waals surface area contributed by atoms with Gasteiger partial charge in [-0.3, -0.25) is 9.59 Å². The number of aliphatic hydroxyl groups excluding tert-OH is 1. The summed E-state index contributed by atoms with van der Waals surface area (Å²) in [7, 11) is 0. The number of ether oxygens (including phenoxy) is 1. The molecule has 1 rings (SSSR count). The van der Waals surface area contributed by atoms with Crippen molar-refractivity contribution in [3.05, 3.63) is 35.4 Å². The number of carbonyl (C=O) groups excluding carboxylic acids is 2. The highest BCUT2D eigenvalue weighted by atomic mass is 16.5. The molecule has 0 heterocycles. The number of carboxylic acids is 1. The van der Waals surface area contributed by atoms with Crippen LogP contribution in [0.2, 0.25) is 0 Å². The smallest absolute Gasteiger partial charge is 0.352 e. The number of aliphatic hydroxyl groups is 1. The molecule has 0 bridgehead atoms. The fourth-order valence-electron chi connectivity index (χ4n) is 1.70. The summed E-state index contributed by atoms with van der Waals surface area (Å²) in [5, 5.41) is 30.0. The maximum Gasteiger partial charge on any atom is 0.352 e. The van der Waals surface area contributed by atoms with E-state index in [0.717, 1.165) is 0 Å². The van der Waals surface area contributed by atoms with Crippen molar-refractivity contribution in [2.45, 2.75) is 19.8 Å². The van der Waals surface area contributed by atoms with Gasteiger partial charge in [0.05, 0.1) is 13.0 Å². The Hall–Kier alpha value is -3.34. The van der Waals surface area contributed by atoms with Gasteiger partial charge in [-0.2, -0.15) is 5.26 Å². The number of anilines is 1. The third kappa shape index (κ3) is 5.46. The van der Waals surface area contributed by atoms with E-state index < -0.39 is 29.2 Å². The quantitative estimate of drug-likeness (QED) is 0.300. The molecule has 0 unspecified atom stereocenters. The van der Waals surface area contributed by atoms with Crippen molar-refractivity contribution in [3.63, 3.8) is 0 Å². The Morgan fingerprint density at radius 3 is 2.29 bits per heavy atom.